The SMILES string of the molecule is C=C[C@@]1(C)CC[C@H]([C@]2(C)O[C@@H]2[C@H](O)CC(C)=O)C[C@@H]1C(=C)C. The quantitative estimate of drug-likeness (QED) is 0.602. The maximum atomic E-state index is 11.2. The third-order valence-electron chi connectivity index (χ3n) is 5.95. The number of ether oxygens (including phenoxy) is 1. The fraction of sp³-hybridized carbons (Fsp3) is 0.737. The van der Waals surface area contributed by atoms with Gasteiger partial charge in [0.25, 0.3) is 0 Å². The van der Waals surface area contributed by atoms with Gasteiger partial charge in [-0.25, -0.2) is 0 Å². The monoisotopic (exact) mass is 306 g/mol. The van der Waals surface area contributed by atoms with Gasteiger partial charge >= 0.3 is 0 Å². The van der Waals surface area contributed by atoms with E-state index in [4.69, 9.17) is 4.74 Å². The van der Waals surface area contributed by atoms with Crippen LogP contribution in [0.25, 0.3) is 0 Å². The second-order valence-electron chi connectivity index (χ2n) is 7.78. The summed E-state index contributed by atoms with van der Waals surface area (Å²) in [6, 6.07) is 0. The van der Waals surface area contributed by atoms with Crippen LogP contribution >= 0.6 is 0 Å². The van der Waals surface area contributed by atoms with Gasteiger partial charge in [-0.15, -0.1) is 6.58 Å². The van der Waals surface area contributed by atoms with Crippen LogP contribution in [0.4, 0.5) is 0 Å². The van der Waals surface area contributed by atoms with Crippen molar-refractivity contribution in [3.63, 3.8) is 0 Å². The molecule has 6 atom stereocenters. The topological polar surface area (TPSA) is 49.8 Å². The minimum atomic E-state index is -0.682. The molecule has 1 aliphatic heterocycles. The normalized spacial score (nSPS) is 42.5. The molecular formula is C19H30O3. The first-order valence-corrected chi connectivity index (χ1v) is 8.28. The molecular weight excluding hydrogens is 276 g/mol. The van der Waals surface area contributed by atoms with E-state index in [-0.39, 0.29) is 29.3 Å². The Hall–Kier alpha value is -0.930. The number of hydrogen-bond acceptors (Lipinski definition) is 3. The van der Waals surface area contributed by atoms with Crippen molar-refractivity contribution >= 4 is 5.78 Å². The summed E-state index contributed by atoms with van der Waals surface area (Å²) in [6.45, 7) is 16.1. The van der Waals surface area contributed by atoms with Crippen molar-refractivity contribution < 1.29 is 14.6 Å². The second kappa shape index (κ2) is 5.93. The van der Waals surface area contributed by atoms with Gasteiger partial charge in [0.05, 0.1) is 11.7 Å². The molecule has 0 spiro atoms. The van der Waals surface area contributed by atoms with Crippen molar-refractivity contribution in [3.05, 3.63) is 24.8 Å². The molecule has 2 aliphatic rings. The molecule has 1 N–H and O–H groups in total. The van der Waals surface area contributed by atoms with Crippen molar-refractivity contribution in [1.29, 1.82) is 0 Å². The van der Waals surface area contributed by atoms with E-state index in [9.17, 15) is 9.90 Å². The highest BCUT2D eigenvalue weighted by Gasteiger charge is 2.61. The van der Waals surface area contributed by atoms with Gasteiger partial charge in [-0.05, 0) is 57.3 Å². The number of aliphatic hydroxyl groups excluding tert-OH is 1. The predicted molar refractivity (Wildman–Crippen MR) is 88.5 cm³/mol. The lowest BCUT2D eigenvalue weighted by molar-refractivity contribution is -0.119. The molecule has 1 saturated heterocycles. The summed E-state index contributed by atoms with van der Waals surface area (Å²) in [6.07, 6.45) is 4.50. The standard InChI is InChI=1S/C19H30O3/c1-7-18(5)9-8-14(11-15(18)12(2)3)19(6)17(22-19)16(21)10-13(4)20/h7,14-17,21H,1-2,8-11H2,3-6H3/t14-,15+,16+,17+,18-,19-/m0/s1. The van der Waals surface area contributed by atoms with Crippen molar-refractivity contribution in [2.75, 3.05) is 0 Å². The number of ketones is 1. The molecule has 0 radical (unpaired) electrons. The fourth-order valence-corrected chi connectivity index (χ4v) is 4.29. The Morgan fingerprint density at radius 1 is 1.45 bits per heavy atom. The van der Waals surface area contributed by atoms with Gasteiger partial charge in [-0.1, -0.05) is 25.2 Å². The molecule has 2 rings (SSSR count). The Morgan fingerprint density at radius 3 is 2.59 bits per heavy atom. The van der Waals surface area contributed by atoms with Gasteiger partial charge in [0.15, 0.2) is 0 Å². The Bertz CT molecular complexity index is 483. The number of allylic oxidation sites excluding steroid dienone is 2. The number of hydrogen-bond donors (Lipinski definition) is 1. The van der Waals surface area contributed by atoms with Crippen molar-refractivity contribution in [2.24, 2.45) is 17.3 Å². The maximum absolute atomic E-state index is 11.2. The fourth-order valence-electron chi connectivity index (χ4n) is 4.29. The van der Waals surface area contributed by atoms with Crippen LogP contribution in [0.3, 0.4) is 0 Å². The lowest BCUT2D eigenvalue weighted by Gasteiger charge is -2.44. The van der Waals surface area contributed by atoms with Gasteiger partial charge in [0.1, 0.15) is 11.9 Å². The molecule has 0 aromatic carbocycles. The minimum absolute atomic E-state index is 0.00744. The van der Waals surface area contributed by atoms with Crippen LogP contribution in [0.2, 0.25) is 0 Å². The van der Waals surface area contributed by atoms with E-state index in [1.54, 1.807) is 0 Å². The Morgan fingerprint density at radius 2 is 2.09 bits per heavy atom. The lowest BCUT2D eigenvalue weighted by atomic mass is 9.60. The molecule has 0 amide bonds. The van der Waals surface area contributed by atoms with E-state index in [2.05, 4.69) is 40.0 Å². The van der Waals surface area contributed by atoms with Crippen molar-refractivity contribution in [1.82, 2.24) is 0 Å². The first kappa shape index (κ1) is 17.4. The summed E-state index contributed by atoms with van der Waals surface area (Å²) in [5.74, 6) is 0.803. The average Bonchev–Trinajstić information content (AvgIpc) is 3.11. The van der Waals surface area contributed by atoms with Crippen molar-refractivity contribution in [2.45, 2.75) is 71.2 Å². The van der Waals surface area contributed by atoms with Crippen LogP contribution in [0.1, 0.15) is 53.4 Å². The van der Waals surface area contributed by atoms with E-state index in [0.29, 0.717) is 11.8 Å². The van der Waals surface area contributed by atoms with Crippen LogP contribution in [0.5, 0.6) is 0 Å². The summed E-state index contributed by atoms with van der Waals surface area (Å²) in [7, 11) is 0. The maximum Gasteiger partial charge on any atom is 0.132 e. The number of epoxide rings is 1. The van der Waals surface area contributed by atoms with Crippen LogP contribution in [0.15, 0.2) is 24.8 Å². The van der Waals surface area contributed by atoms with Crippen LogP contribution in [-0.4, -0.2) is 28.7 Å². The average molecular weight is 306 g/mol. The van der Waals surface area contributed by atoms with Crippen LogP contribution < -0.4 is 0 Å². The van der Waals surface area contributed by atoms with Crippen LogP contribution in [0, 0.1) is 17.3 Å². The molecule has 0 aromatic heterocycles. The first-order chi connectivity index (χ1) is 10.1. The molecule has 1 heterocycles. The molecule has 3 nitrogen and oxygen atoms in total. The second-order valence-corrected chi connectivity index (χ2v) is 7.78. The summed E-state index contributed by atoms with van der Waals surface area (Å²) >= 11 is 0. The summed E-state index contributed by atoms with van der Waals surface area (Å²) in [4.78, 5) is 11.2. The number of carbonyl (C=O) groups is 1. The molecule has 0 bridgehead atoms. The van der Waals surface area contributed by atoms with E-state index in [1.807, 2.05) is 0 Å². The molecule has 1 aliphatic carbocycles. The van der Waals surface area contributed by atoms with Crippen LogP contribution in [-0.2, 0) is 9.53 Å². The number of aliphatic hydroxyl groups is 1. The highest BCUT2D eigenvalue weighted by molar-refractivity contribution is 5.76. The van der Waals surface area contributed by atoms with Crippen molar-refractivity contribution in [3.8, 4) is 0 Å². The predicted octanol–water partition coefficient (Wildman–Crippen LogP) is 3.67. The summed E-state index contributed by atoms with van der Waals surface area (Å²) in [5, 5.41) is 10.2. The van der Waals surface area contributed by atoms with Gasteiger partial charge in [-0.3, -0.25) is 4.79 Å². The van der Waals surface area contributed by atoms with Gasteiger partial charge < -0.3 is 9.84 Å². The zero-order valence-corrected chi connectivity index (χ0v) is 14.4. The molecule has 1 saturated carbocycles. The zero-order valence-electron chi connectivity index (χ0n) is 14.4. The largest absolute Gasteiger partial charge is 0.390 e. The third-order valence-corrected chi connectivity index (χ3v) is 5.95. The van der Waals surface area contributed by atoms with Gasteiger partial charge in [0, 0.05) is 6.42 Å². The molecule has 2 fully saturated rings. The number of rotatable bonds is 6. The molecule has 124 valence electrons. The molecule has 22 heavy (non-hydrogen) atoms. The van der Waals surface area contributed by atoms with E-state index in [0.717, 1.165) is 19.3 Å². The highest BCUT2D eigenvalue weighted by atomic mass is 16.6. The summed E-state index contributed by atoms with van der Waals surface area (Å²) in [5.41, 5.74) is 0.990. The number of carbonyl (C=O) groups excluding carboxylic acids is 1. The Balaban J connectivity index is 2.07. The molecule has 0 unspecified atom stereocenters. The Labute approximate surface area is 134 Å². The van der Waals surface area contributed by atoms with E-state index < -0.39 is 6.10 Å². The minimum Gasteiger partial charge on any atom is -0.390 e. The molecule has 3 heteroatoms. The highest BCUT2D eigenvalue weighted by Crippen LogP contribution is 2.56. The summed E-state index contributed by atoms with van der Waals surface area (Å²) < 4.78 is 5.88. The third kappa shape index (κ3) is 3.07. The Kier molecular flexibility index (Phi) is 4.70. The van der Waals surface area contributed by atoms with E-state index in [1.165, 1.54) is 12.5 Å². The smallest absolute Gasteiger partial charge is 0.132 e. The molecule has 0 aromatic rings. The lowest BCUT2D eigenvalue weighted by Crippen LogP contribution is -2.40. The van der Waals surface area contributed by atoms with Gasteiger partial charge in [-0.2, -0.15) is 0 Å². The first-order valence-electron chi connectivity index (χ1n) is 8.28. The van der Waals surface area contributed by atoms with Gasteiger partial charge in [0.2, 0.25) is 0 Å². The number of Topliss-reactive ketones (excluding diaryl/α,β-unsaturated/α-hetero) is 1. The van der Waals surface area contributed by atoms with E-state index >= 15 is 0 Å². The zero-order chi connectivity index (χ0) is 16.7.